The molecule has 3 aromatic carbocycles. The highest BCUT2D eigenvalue weighted by Gasteiger charge is 2.39. The summed E-state index contributed by atoms with van der Waals surface area (Å²) in [6, 6.07) is 17.1. The molecule has 10 rings (SSSR count). The standard InChI is InChI=1S/C47H48F3N9O5S/c1-28-2-11-41(46(61)53-28)59-26-32-20-35(7-8-36(32)47(59)62)56-18-16-55(17-19-56)24-29-12-14-57(25-29)34-5-3-30(4-6-34)31-21-37-38(23-52-45(37)51-22-31)44(60)42-39(49)9-10-40(43(42)50)54-65(63,64)58-15-13-33(48)27-58/h3-10,20-23,29,33,41,54H,1-2,11-19,24-27H2,(H,51,52)(H,53,61)/t29-,33+,41?/m0/s1. The van der Waals surface area contributed by atoms with Crippen LogP contribution in [0.15, 0.2) is 85.3 Å². The number of pyridine rings is 1. The predicted octanol–water partition coefficient (Wildman–Crippen LogP) is 5.84. The van der Waals surface area contributed by atoms with E-state index in [9.17, 15) is 27.2 Å². The van der Waals surface area contributed by atoms with Crippen molar-refractivity contribution in [3.8, 4) is 11.1 Å². The molecule has 7 heterocycles. The number of benzene rings is 3. The number of nitrogens with one attached hydrogen (secondary N) is 3. The number of rotatable bonds is 11. The van der Waals surface area contributed by atoms with E-state index in [2.05, 4.69) is 54.8 Å². The van der Waals surface area contributed by atoms with Crippen LogP contribution in [0.2, 0.25) is 0 Å². The molecule has 4 saturated heterocycles. The number of carbonyl (C=O) groups excluding carboxylic acids is 3. The molecule has 3 N–H and O–H groups in total. The van der Waals surface area contributed by atoms with Crippen LogP contribution in [-0.4, -0.2) is 121 Å². The van der Waals surface area contributed by atoms with E-state index in [1.54, 1.807) is 17.2 Å². The number of hydrogen-bond donors (Lipinski definition) is 3. The van der Waals surface area contributed by atoms with Gasteiger partial charge in [0, 0.05) is 117 Å². The van der Waals surface area contributed by atoms with Gasteiger partial charge in [0.05, 0.1) is 11.3 Å². The number of hydrogen-bond acceptors (Lipinski definition) is 9. The van der Waals surface area contributed by atoms with Gasteiger partial charge in [-0.1, -0.05) is 18.7 Å². The van der Waals surface area contributed by atoms with Crippen LogP contribution in [0.1, 0.15) is 57.5 Å². The normalized spacial score (nSPS) is 22.0. The van der Waals surface area contributed by atoms with E-state index in [1.165, 1.54) is 6.20 Å². The molecule has 14 nitrogen and oxygen atoms in total. The number of halogens is 3. The molecule has 0 saturated carbocycles. The van der Waals surface area contributed by atoms with Gasteiger partial charge in [0.15, 0.2) is 5.82 Å². The molecule has 4 fully saturated rings. The highest BCUT2D eigenvalue weighted by molar-refractivity contribution is 7.90. The molecule has 18 heteroatoms. The summed E-state index contributed by atoms with van der Waals surface area (Å²) in [7, 11) is -4.35. The summed E-state index contributed by atoms with van der Waals surface area (Å²) >= 11 is 0. The first-order chi connectivity index (χ1) is 31.3. The van der Waals surface area contributed by atoms with E-state index in [-0.39, 0.29) is 36.9 Å². The number of fused-ring (bicyclic) bond motifs is 2. The van der Waals surface area contributed by atoms with E-state index in [0.717, 1.165) is 91.2 Å². The molecule has 5 aliphatic rings. The van der Waals surface area contributed by atoms with Gasteiger partial charge >= 0.3 is 10.2 Å². The van der Waals surface area contributed by atoms with Crippen molar-refractivity contribution in [2.24, 2.45) is 5.92 Å². The molecular weight excluding hydrogens is 860 g/mol. The Kier molecular flexibility index (Phi) is 11.1. The van der Waals surface area contributed by atoms with Crippen LogP contribution in [0.5, 0.6) is 0 Å². The van der Waals surface area contributed by atoms with Gasteiger partial charge in [-0.25, -0.2) is 18.2 Å². The SMILES string of the molecule is C=C1CCC(N2Cc3cc(N4CCN(C[C@@H]5CCN(c6ccc(-c7cnc8[nH]cc(C(=O)c9c(F)ccc(NS(=O)(=O)N%10CC[C@@H](F)C%10)c9F)c8c7)cc6)C5)CC4)ccc3C2=O)C(=O)N1. The summed E-state index contributed by atoms with van der Waals surface area (Å²) in [6.07, 6.45) is 3.96. The number of aromatic amines is 1. The maximum Gasteiger partial charge on any atom is 0.301 e. The van der Waals surface area contributed by atoms with Crippen LogP contribution in [0.4, 0.5) is 30.2 Å². The maximum atomic E-state index is 15.8. The molecule has 5 aliphatic heterocycles. The number of allylic oxidation sites excluding steroid dienone is 1. The first-order valence-electron chi connectivity index (χ1n) is 22.0. The topological polar surface area (TPSA) is 154 Å². The minimum Gasteiger partial charge on any atom is -0.371 e. The molecule has 0 radical (unpaired) electrons. The number of alkyl halides is 1. The van der Waals surface area contributed by atoms with Gasteiger partial charge < -0.3 is 25.0 Å². The molecule has 0 aliphatic carbocycles. The number of H-pyrrole nitrogens is 1. The molecule has 2 amide bonds. The lowest BCUT2D eigenvalue weighted by molar-refractivity contribution is -0.126. The van der Waals surface area contributed by atoms with Gasteiger partial charge in [-0.3, -0.25) is 24.0 Å². The number of anilines is 3. The molecule has 338 valence electrons. The van der Waals surface area contributed by atoms with Crippen molar-refractivity contribution in [3.63, 3.8) is 0 Å². The zero-order chi connectivity index (χ0) is 45.1. The van der Waals surface area contributed by atoms with Crippen molar-refractivity contribution < 1.29 is 36.0 Å². The minimum absolute atomic E-state index is 0.00566. The van der Waals surface area contributed by atoms with Crippen LogP contribution in [0, 0.1) is 17.6 Å². The summed E-state index contributed by atoms with van der Waals surface area (Å²) in [6.45, 7) is 10.3. The lowest BCUT2D eigenvalue weighted by atomic mass is 9.99. The van der Waals surface area contributed by atoms with Gasteiger partial charge in [0.25, 0.3) is 5.91 Å². The quantitative estimate of drug-likeness (QED) is 0.139. The largest absolute Gasteiger partial charge is 0.371 e. The van der Waals surface area contributed by atoms with Crippen molar-refractivity contribution in [2.75, 3.05) is 73.4 Å². The lowest BCUT2D eigenvalue weighted by Gasteiger charge is -2.37. The fourth-order valence-electron chi connectivity index (χ4n) is 9.90. The number of amides is 2. The Morgan fingerprint density at radius 3 is 2.42 bits per heavy atom. The van der Waals surface area contributed by atoms with Crippen molar-refractivity contribution in [2.45, 2.75) is 44.4 Å². The fraction of sp³-hybridized carbons (Fsp3) is 0.362. The van der Waals surface area contributed by atoms with Crippen LogP contribution >= 0.6 is 0 Å². The Bertz CT molecular complexity index is 2850. The predicted molar refractivity (Wildman–Crippen MR) is 241 cm³/mol. The first kappa shape index (κ1) is 42.7. The second kappa shape index (κ2) is 17.0. The average Bonchev–Trinajstić information content (AvgIpc) is 4.12. The van der Waals surface area contributed by atoms with Crippen LogP contribution in [0.25, 0.3) is 22.2 Å². The van der Waals surface area contributed by atoms with E-state index in [4.69, 9.17) is 0 Å². The van der Waals surface area contributed by atoms with Gasteiger partial charge in [0.2, 0.25) is 11.7 Å². The number of ketones is 1. The van der Waals surface area contributed by atoms with E-state index in [1.807, 2.05) is 29.0 Å². The third-order valence-electron chi connectivity index (χ3n) is 13.5. The zero-order valence-corrected chi connectivity index (χ0v) is 36.4. The summed E-state index contributed by atoms with van der Waals surface area (Å²) < 4.78 is 73.1. The second-order valence-electron chi connectivity index (χ2n) is 17.6. The smallest absolute Gasteiger partial charge is 0.301 e. The first-order valence-corrected chi connectivity index (χ1v) is 23.4. The van der Waals surface area contributed by atoms with Crippen LogP contribution < -0.4 is 19.8 Å². The number of nitrogens with zero attached hydrogens (tertiary/aromatic N) is 6. The summed E-state index contributed by atoms with van der Waals surface area (Å²) in [5.74, 6) is -3.29. The van der Waals surface area contributed by atoms with E-state index < -0.39 is 51.1 Å². The number of aromatic nitrogens is 2. The number of piperazine rings is 1. The molecule has 2 aromatic heterocycles. The van der Waals surface area contributed by atoms with E-state index in [0.29, 0.717) is 53.2 Å². The highest BCUT2D eigenvalue weighted by atomic mass is 32.2. The van der Waals surface area contributed by atoms with Gasteiger partial charge in [-0.05, 0) is 91.3 Å². The Hall–Kier alpha value is -6.24. The van der Waals surface area contributed by atoms with E-state index >= 15 is 8.78 Å². The molecule has 65 heavy (non-hydrogen) atoms. The molecule has 0 spiro atoms. The Balaban J connectivity index is 0.748. The Labute approximate surface area is 374 Å². The molecular formula is C47H48F3N9O5S. The van der Waals surface area contributed by atoms with Crippen molar-refractivity contribution in [1.82, 2.24) is 29.4 Å². The fourth-order valence-corrected chi connectivity index (χ4v) is 11.2. The Morgan fingerprint density at radius 2 is 1.66 bits per heavy atom. The second-order valence-corrected chi connectivity index (χ2v) is 19.3. The molecule has 3 atom stereocenters. The minimum atomic E-state index is -4.35. The number of piperidine rings is 1. The van der Waals surface area contributed by atoms with Crippen LogP contribution in [0.3, 0.4) is 0 Å². The zero-order valence-electron chi connectivity index (χ0n) is 35.5. The number of carbonyl (C=O) groups is 3. The third-order valence-corrected chi connectivity index (χ3v) is 15.0. The van der Waals surface area contributed by atoms with Crippen LogP contribution in [-0.2, 0) is 21.5 Å². The lowest BCUT2D eigenvalue weighted by Crippen LogP contribution is -2.49. The average molecular weight is 908 g/mol. The maximum absolute atomic E-state index is 15.8. The summed E-state index contributed by atoms with van der Waals surface area (Å²) in [5, 5.41) is 3.14. The summed E-state index contributed by atoms with van der Waals surface area (Å²) in [5.41, 5.74) is 4.77. The monoisotopic (exact) mass is 907 g/mol. The van der Waals surface area contributed by atoms with Gasteiger partial charge in [0.1, 0.15) is 23.7 Å². The molecule has 0 bridgehead atoms. The van der Waals surface area contributed by atoms with Crippen molar-refractivity contribution >= 4 is 55.9 Å². The highest BCUT2D eigenvalue weighted by Crippen LogP contribution is 2.34. The van der Waals surface area contributed by atoms with Gasteiger partial charge in [-0.2, -0.15) is 12.7 Å². The third kappa shape index (κ3) is 8.23. The van der Waals surface area contributed by atoms with Crippen molar-refractivity contribution in [1.29, 1.82) is 0 Å². The van der Waals surface area contributed by atoms with Gasteiger partial charge in [-0.15, -0.1) is 0 Å². The Morgan fingerprint density at radius 1 is 0.877 bits per heavy atom. The molecule has 1 unspecified atom stereocenters. The van der Waals surface area contributed by atoms with Crippen molar-refractivity contribution in [3.05, 3.63) is 119 Å². The summed E-state index contributed by atoms with van der Waals surface area (Å²) in [4.78, 5) is 56.0. The molecule has 5 aromatic rings.